The molecule has 2 N–H and O–H groups in total. The third kappa shape index (κ3) is 5.94. The van der Waals surface area contributed by atoms with Crippen molar-refractivity contribution in [3.05, 3.63) is 28.2 Å². The number of halogens is 2. The van der Waals surface area contributed by atoms with Crippen LogP contribution in [0.2, 0.25) is 10.0 Å². The summed E-state index contributed by atoms with van der Waals surface area (Å²) in [5, 5.41) is 12.3. The Bertz CT molecular complexity index is 542. The van der Waals surface area contributed by atoms with Crippen molar-refractivity contribution in [1.82, 2.24) is 5.32 Å². The van der Waals surface area contributed by atoms with Gasteiger partial charge in [0.15, 0.2) is 6.10 Å². The summed E-state index contributed by atoms with van der Waals surface area (Å²) in [5.74, 6) is -0.640. The number of benzene rings is 1. The second kappa shape index (κ2) is 9.12. The minimum Gasteiger partial charge on any atom is -0.480 e. The Morgan fingerprint density at radius 1 is 1.41 bits per heavy atom. The quantitative estimate of drug-likeness (QED) is 0.740. The summed E-state index contributed by atoms with van der Waals surface area (Å²) >= 11 is 13.3. The van der Waals surface area contributed by atoms with E-state index in [9.17, 15) is 9.59 Å². The van der Waals surface area contributed by atoms with Crippen LogP contribution in [0.25, 0.3) is 0 Å². The first-order valence-electron chi connectivity index (χ1n) is 6.49. The molecule has 0 spiro atoms. The summed E-state index contributed by atoms with van der Waals surface area (Å²) in [7, 11) is 0. The average molecular weight is 366 g/mol. The lowest BCUT2D eigenvalue weighted by atomic mass is 10.2. The largest absolute Gasteiger partial charge is 0.480 e. The van der Waals surface area contributed by atoms with Gasteiger partial charge in [0.25, 0.3) is 5.91 Å². The first-order valence-corrected chi connectivity index (χ1v) is 8.64. The second-order valence-corrected chi connectivity index (χ2v) is 6.34. The molecule has 1 aromatic rings. The predicted molar refractivity (Wildman–Crippen MR) is 89.1 cm³/mol. The zero-order valence-corrected chi connectivity index (χ0v) is 14.5. The molecule has 0 radical (unpaired) electrons. The van der Waals surface area contributed by atoms with Crippen LogP contribution in [0.1, 0.15) is 13.3 Å². The molecule has 0 fully saturated rings. The third-order valence-corrected chi connectivity index (χ3v) is 3.97. The summed E-state index contributed by atoms with van der Waals surface area (Å²) in [5.41, 5.74) is 0. The van der Waals surface area contributed by atoms with Gasteiger partial charge in [0, 0.05) is 5.02 Å². The smallest absolute Gasteiger partial charge is 0.326 e. The van der Waals surface area contributed by atoms with E-state index in [4.69, 9.17) is 33.0 Å². The summed E-state index contributed by atoms with van der Waals surface area (Å²) in [6.07, 6.45) is 1.33. The molecule has 122 valence electrons. The van der Waals surface area contributed by atoms with Crippen molar-refractivity contribution >= 4 is 46.8 Å². The first-order chi connectivity index (χ1) is 10.3. The summed E-state index contributed by atoms with van der Waals surface area (Å²) < 4.78 is 5.45. The maximum atomic E-state index is 12.0. The number of thioether (sulfide) groups is 1. The number of hydrogen-bond donors (Lipinski definition) is 2. The maximum absolute atomic E-state index is 12.0. The lowest BCUT2D eigenvalue weighted by molar-refractivity contribution is -0.142. The number of carbonyl (C=O) groups excluding carboxylic acids is 1. The van der Waals surface area contributed by atoms with Crippen molar-refractivity contribution in [3.63, 3.8) is 0 Å². The molecule has 0 saturated carbocycles. The Morgan fingerprint density at radius 3 is 2.64 bits per heavy atom. The van der Waals surface area contributed by atoms with Gasteiger partial charge in [-0.15, -0.1) is 0 Å². The highest BCUT2D eigenvalue weighted by Crippen LogP contribution is 2.28. The fourth-order valence-corrected chi connectivity index (χ4v) is 2.52. The molecule has 0 aliphatic rings. The van der Waals surface area contributed by atoms with E-state index in [0.29, 0.717) is 22.9 Å². The van der Waals surface area contributed by atoms with Crippen LogP contribution >= 0.6 is 35.0 Å². The second-order valence-electron chi connectivity index (χ2n) is 4.52. The van der Waals surface area contributed by atoms with E-state index in [1.807, 2.05) is 6.26 Å². The van der Waals surface area contributed by atoms with Crippen LogP contribution in [0.15, 0.2) is 18.2 Å². The lowest BCUT2D eigenvalue weighted by Gasteiger charge is -2.19. The van der Waals surface area contributed by atoms with Crippen LogP contribution in [-0.2, 0) is 9.59 Å². The van der Waals surface area contributed by atoms with Crippen molar-refractivity contribution in [1.29, 1.82) is 0 Å². The van der Waals surface area contributed by atoms with Gasteiger partial charge in [-0.25, -0.2) is 4.79 Å². The van der Waals surface area contributed by atoms with Crippen molar-refractivity contribution in [2.24, 2.45) is 0 Å². The van der Waals surface area contributed by atoms with Crippen LogP contribution in [0.4, 0.5) is 0 Å². The van der Waals surface area contributed by atoms with Crippen LogP contribution in [-0.4, -0.2) is 41.1 Å². The number of nitrogens with one attached hydrogen (secondary N) is 1. The Labute approximate surface area is 143 Å². The summed E-state index contributed by atoms with van der Waals surface area (Å²) in [6, 6.07) is 3.70. The molecule has 0 bridgehead atoms. The Hall–Kier alpha value is -1.11. The lowest BCUT2D eigenvalue weighted by Crippen LogP contribution is -2.46. The summed E-state index contributed by atoms with van der Waals surface area (Å²) in [4.78, 5) is 23.1. The number of hydrogen-bond acceptors (Lipinski definition) is 4. The molecule has 8 heteroatoms. The highest BCUT2D eigenvalue weighted by Gasteiger charge is 2.24. The molecule has 1 amide bonds. The van der Waals surface area contributed by atoms with Crippen molar-refractivity contribution in [2.45, 2.75) is 25.5 Å². The van der Waals surface area contributed by atoms with Crippen LogP contribution < -0.4 is 10.1 Å². The predicted octanol–water partition coefficient (Wildman–Crippen LogP) is 3.08. The topological polar surface area (TPSA) is 75.6 Å². The van der Waals surface area contributed by atoms with E-state index < -0.39 is 24.0 Å². The number of amides is 1. The maximum Gasteiger partial charge on any atom is 0.326 e. The van der Waals surface area contributed by atoms with Gasteiger partial charge in [0.1, 0.15) is 11.8 Å². The molecule has 0 aliphatic heterocycles. The number of carboxylic acids is 1. The van der Waals surface area contributed by atoms with Gasteiger partial charge in [-0.1, -0.05) is 23.2 Å². The van der Waals surface area contributed by atoms with E-state index in [0.717, 1.165) is 0 Å². The molecule has 0 aliphatic carbocycles. The van der Waals surface area contributed by atoms with E-state index in [2.05, 4.69) is 5.32 Å². The number of aliphatic carboxylic acids is 1. The first kappa shape index (κ1) is 18.9. The molecular weight excluding hydrogens is 349 g/mol. The van der Waals surface area contributed by atoms with Gasteiger partial charge in [0.2, 0.25) is 0 Å². The highest BCUT2D eigenvalue weighted by molar-refractivity contribution is 7.98. The highest BCUT2D eigenvalue weighted by atomic mass is 35.5. The van der Waals surface area contributed by atoms with Crippen molar-refractivity contribution < 1.29 is 19.4 Å². The molecule has 22 heavy (non-hydrogen) atoms. The average Bonchev–Trinajstić information content (AvgIpc) is 2.45. The fourth-order valence-electron chi connectivity index (χ4n) is 1.60. The molecule has 1 unspecified atom stereocenters. The number of ether oxygens (including phenoxy) is 1. The van der Waals surface area contributed by atoms with Gasteiger partial charge in [0.05, 0.1) is 5.02 Å². The SMILES string of the molecule is CSCC[C@H](NC(=O)C(C)Oc1ccc(Cl)cc1Cl)C(=O)O. The van der Waals surface area contributed by atoms with Gasteiger partial charge >= 0.3 is 5.97 Å². The normalized spacial score (nSPS) is 13.3. The number of rotatable bonds is 8. The van der Waals surface area contributed by atoms with Gasteiger partial charge in [-0.2, -0.15) is 11.8 Å². The van der Waals surface area contributed by atoms with Crippen LogP contribution in [0, 0.1) is 0 Å². The standard InChI is InChI=1S/C14H17Cl2NO4S/c1-8(21-12-4-3-9(15)7-10(12)16)13(18)17-11(14(19)20)5-6-22-2/h3-4,7-8,11H,5-6H2,1-2H3,(H,17,18)(H,19,20)/t8?,11-/m0/s1. The Morgan fingerprint density at radius 2 is 2.09 bits per heavy atom. The minimum absolute atomic E-state index is 0.282. The molecule has 5 nitrogen and oxygen atoms in total. The third-order valence-electron chi connectivity index (χ3n) is 2.79. The molecular formula is C14H17Cl2NO4S. The Balaban J connectivity index is 2.65. The summed E-state index contributed by atoms with van der Waals surface area (Å²) in [6.45, 7) is 1.52. The van der Waals surface area contributed by atoms with Gasteiger partial charge in [-0.05, 0) is 43.6 Å². The minimum atomic E-state index is -1.07. The molecule has 1 rings (SSSR count). The fraction of sp³-hybridized carbons (Fsp3) is 0.429. The number of carboxylic acid groups (broad SMARTS) is 1. The van der Waals surface area contributed by atoms with Gasteiger partial charge < -0.3 is 15.2 Å². The van der Waals surface area contributed by atoms with E-state index >= 15 is 0 Å². The van der Waals surface area contributed by atoms with Crippen LogP contribution in [0.5, 0.6) is 5.75 Å². The monoisotopic (exact) mass is 365 g/mol. The zero-order chi connectivity index (χ0) is 16.7. The van der Waals surface area contributed by atoms with E-state index in [-0.39, 0.29) is 5.02 Å². The van der Waals surface area contributed by atoms with E-state index in [1.165, 1.54) is 24.8 Å². The van der Waals surface area contributed by atoms with Crippen molar-refractivity contribution in [3.8, 4) is 5.75 Å². The molecule has 0 aromatic heterocycles. The molecule has 1 aromatic carbocycles. The number of carbonyl (C=O) groups is 2. The van der Waals surface area contributed by atoms with Crippen molar-refractivity contribution in [2.75, 3.05) is 12.0 Å². The van der Waals surface area contributed by atoms with Gasteiger partial charge in [-0.3, -0.25) is 4.79 Å². The molecule has 2 atom stereocenters. The van der Waals surface area contributed by atoms with Crippen LogP contribution in [0.3, 0.4) is 0 Å². The zero-order valence-electron chi connectivity index (χ0n) is 12.1. The Kier molecular flexibility index (Phi) is 7.85. The van der Waals surface area contributed by atoms with E-state index in [1.54, 1.807) is 12.1 Å². The molecule has 0 saturated heterocycles. The molecule has 0 heterocycles.